The van der Waals surface area contributed by atoms with Gasteiger partial charge in [-0.15, -0.1) is 10.2 Å². The highest BCUT2D eigenvalue weighted by molar-refractivity contribution is 8.01. The van der Waals surface area contributed by atoms with Crippen LogP contribution in [0.15, 0.2) is 4.34 Å². The normalized spacial score (nSPS) is 11.5. The van der Waals surface area contributed by atoms with Crippen LogP contribution < -0.4 is 0 Å². The molecule has 4 nitrogen and oxygen atoms in total. The van der Waals surface area contributed by atoms with E-state index in [9.17, 15) is 4.79 Å². The topological polar surface area (TPSA) is 52.1 Å². The summed E-state index contributed by atoms with van der Waals surface area (Å²) in [5.74, 6) is 0.519. The average molecular weight is 260 g/mol. The SMILES string of the molecule is Cc1nnc(SCCC(=O)OC(C)(C)C)s1. The van der Waals surface area contributed by atoms with E-state index in [0.717, 1.165) is 9.35 Å². The zero-order valence-electron chi connectivity index (χ0n) is 9.94. The van der Waals surface area contributed by atoms with Crippen molar-refractivity contribution in [3.8, 4) is 0 Å². The molecule has 0 radical (unpaired) electrons. The summed E-state index contributed by atoms with van der Waals surface area (Å²) in [7, 11) is 0. The van der Waals surface area contributed by atoms with Gasteiger partial charge in [-0.1, -0.05) is 23.1 Å². The Hall–Kier alpha value is -0.620. The van der Waals surface area contributed by atoms with E-state index < -0.39 is 5.60 Å². The third-order valence-corrected chi connectivity index (χ3v) is 3.43. The fourth-order valence-corrected chi connectivity index (χ4v) is 2.76. The Morgan fingerprint density at radius 2 is 2.12 bits per heavy atom. The van der Waals surface area contributed by atoms with Crippen LogP contribution in [-0.4, -0.2) is 27.5 Å². The second-order valence-electron chi connectivity index (χ2n) is 4.27. The Balaban J connectivity index is 2.23. The summed E-state index contributed by atoms with van der Waals surface area (Å²) >= 11 is 3.08. The fraction of sp³-hybridized carbons (Fsp3) is 0.700. The van der Waals surface area contributed by atoms with Gasteiger partial charge in [-0.05, 0) is 27.7 Å². The molecular formula is C10H16N2O2S2. The number of esters is 1. The van der Waals surface area contributed by atoms with Crippen LogP contribution in [-0.2, 0) is 9.53 Å². The molecule has 0 unspecified atom stereocenters. The first-order valence-electron chi connectivity index (χ1n) is 5.01. The predicted octanol–water partition coefficient (Wildman–Crippen LogP) is 2.67. The first kappa shape index (κ1) is 13.4. The Morgan fingerprint density at radius 3 is 2.62 bits per heavy atom. The number of thioether (sulfide) groups is 1. The van der Waals surface area contributed by atoms with Gasteiger partial charge < -0.3 is 4.74 Å². The maximum absolute atomic E-state index is 11.4. The van der Waals surface area contributed by atoms with E-state index in [4.69, 9.17) is 4.74 Å². The number of rotatable bonds is 4. The highest BCUT2D eigenvalue weighted by Crippen LogP contribution is 2.22. The Kier molecular flexibility index (Phi) is 4.73. The molecule has 0 atom stereocenters. The summed E-state index contributed by atoms with van der Waals surface area (Å²) in [6.07, 6.45) is 0.403. The highest BCUT2D eigenvalue weighted by atomic mass is 32.2. The lowest BCUT2D eigenvalue weighted by Gasteiger charge is -2.19. The predicted molar refractivity (Wildman–Crippen MR) is 65.8 cm³/mol. The summed E-state index contributed by atoms with van der Waals surface area (Å²) in [4.78, 5) is 11.4. The van der Waals surface area contributed by atoms with E-state index in [-0.39, 0.29) is 5.97 Å². The molecule has 1 rings (SSSR count). The van der Waals surface area contributed by atoms with Gasteiger partial charge >= 0.3 is 5.97 Å². The van der Waals surface area contributed by atoms with Crippen molar-refractivity contribution in [1.82, 2.24) is 10.2 Å². The zero-order valence-corrected chi connectivity index (χ0v) is 11.6. The van der Waals surface area contributed by atoms with Crippen molar-refractivity contribution in [2.75, 3.05) is 5.75 Å². The lowest BCUT2D eigenvalue weighted by Crippen LogP contribution is -2.23. The van der Waals surface area contributed by atoms with Gasteiger partial charge in [0.2, 0.25) is 0 Å². The van der Waals surface area contributed by atoms with E-state index in [2.05, 4.69) is 10.2 Å². The number of ether oxygens (including phenoxy) is 1. The maximum Gasteiger partial charge on any atom is 0.307 e. The summed E-state index contributed by atoms with van der Waals surface area (Å²) in [5, 5.41) is 8.82. The molecule has 0 saturated heterocycles. The van der Waals surface area contributed by atoms with E-state index in [1.807, 2.05) is 27.7 Å². The van der Waals surface area contributed by atoms with E-state index in [1.165, 1.54) is 11.8 Å². The fourth-order valence-electron chi connectivity index (χ4n) is 0.951. The van der Waals surface area contributed by atoms with E-state index in [0.29, 0.717) is 12.2 Å². The molecule has 6 heteroatoms. The van der Waals surface area contributed by atoms with Crippen molar-refractivity contribution in [3.05, 3.63) is 5.01 Å². The monoisotopic (exact) mass is 260 g/mol. The molecule has 1 heterocycles. The van der Waals surface area contributed by atoms with Crippen molar-refractivity contribution in [2.45, 2.75) is 44.1 Å². The standard InChI is InChI=1S/C10H16N2O2S2/c1-7-11-12-9(16-7)15-6-5-8(13)14-10(2,3)4/h5-6H2,1-4H3. The van der Waals surface area contributed by atoms with Crippen molar-refractivity contribution in [1.29, 1.82) is 0 Å². The molecule has 0 amide bonds. The first-order chi connectivity index (χ1) is 7.37. The molecule has 0 bridgehead atoms. The summed E-state index contributed by atoms with van der Waals surface area (Å²) in [6, 6.07) is 0. The van der Waals surface area contributed by atoms with Gasteiger partial charge in [0, 0.05) is 5.75 Å². The lowest BCUT2D eigenvalue weighted by atomic mass is 10.2. The number of aromatic nitrogens is 2. The minimum Gasteiger partial charge on any atom is -0.460 e. The summed E-state index contributed by atoms with van der Waals surface area (Å²) in [5.41, 5.74) is -0.402. The maximum atomic E-state index is 11.4. The summed E-state index contributed by atoms with van der Waals surface area (Å²) in [6.45, 7) is 7.51. The van der Waals surface area contributed by atoms with Crippen molar-refractivity contribution >= 4 is 29.1 Å². The largest absolute Gasteiger partial charge is 0.460 e. The van der Waals surface area contributed by atoms with Gasteiger partial charge in [0.15, 0.2) is 4.34 Å². The third kappa shape index (κ3) is 5.46. The molecule has 1 aromatic rings. The lowest BCUT2D eigenvalue weighted by molar-refractivity contribution is -0.154. The van der Waals surface area contributed by atoms with Gasteiger partial charge in [0.1, 0.15) is 10.6 Å². The number of hydrogen-bond acceptors (Lipinski definition) is 6. The van der Waals surface area contributed by atoms with Crippen LogP contribution in [0.5, 0.6) is 0 Å². The number of carbonyl (C=O) groups excluding carboxylic acids is 1. The van der Waals surface area contributed by atoms with Crippen molar-refractivity contribution < 1.29 is 9.53 Å². The Morgan fingerprint density at radius 1 is 1.44 bits per heavy atom. The van der Waals surface area contributed by atoms with Gasteiger partial charge in [0.05, 0.1) is 6.42 Å². The smallest absolute Gasteiger partial charge is 0.307 e. The van der Waals surface area contributed by atoms with Crippen molar-refractivity contribution in [3.63, 3.8) is 0 Å². The minimum absolute atomic E-state index is 0.166. The number of carbonyl (C=O) groups is 1. The second-order valence-corrected chi connectivity index (χ2v) is 6.80. The number of aryl methyl sites for hydroxylation is 1. The molecule has 0 fully saturated rings. The van der Waals surface area contributed by atoms with Crippen LogP contribution in [0.25, 0.3) is 0 Å². The molecule has 0 saturated carbocycles. The van der Waals surface area contributed by atoms with E-state index in [1.54, 1.807) is 11.3 Å². The highest BCUT2D eigenvalue weighted by Gasteiger charge is 2.16. The molecule has 0 spiro atoms. The third-order valence-electron chi connectivity index (χ3n) is 1.46. The molecule has 0 aromatic carbocycles. The second kappa shape index (κ2) is 5.63. The quantitative estimate of drug-likeness (QED) is 0.615. The molecule has 16 heavy (non-hydrogen) atoms. The first-order valence-corrected chi connectivity index (χ1v) is 6.82. The molecule has 0 N–H and O–H groups in total. The number of hydrogen-bond donors (Lipinski definition) is 0. The minimum atomic E-state index is -0.402. The van der Waals surface area contributed by atoms with Crippen LogP contribution in [0.3, 0.4) is 0 Å². The van der Waals surface area contributed by atoms with Crippen LogP contribution in [0, 0.1) is 6.92 Å². The van der Waals surface area contributed by atoms with Gasteiger partial charge in [-0.3, -0.25) is 4.79 Å². The molecular weight excluding hydrogens is 244 g/mol. The number of nitrogens with zero attached hydrogens (tertiary/aromatic N) is 2. The van der Waals surface area contributed by atoms with Crippen LogP contribution in [0.4, 0.5) is 0 Å². The zero-order chi connectivity index (χ0) is 12.2. The summed E-state index contributed by atoms with van der Waals surface area (Å²) < 4.78 is 6.10. The van der Waals surface area contributed by atoms with Crippen LogP contribution in [0.1, 0.15) is 32.2 Å². The Labute approximate surface area is 104 Å². The van der Waals surface area contributed by atoms with Gasteiger partial charge in [-0.2, -0.15) is 0 Å². The Bertz CT molecular complexity index is 358. The van der Waals surface area contributed by atoms with Crippen molar-refractivity contribution in [2.24, 2.45) is 0 Å². The van der Waals surface area contributed by atoms with Gasteiger partial charge in [-0.25, -0.2) is 0 Å². The molecule has 0 aliphatic carbocycles. The average Bonchev–Trinajstić information content (AvgIpc) is 2.48. The molecule has 0 aliphatic rings. The van der Waals surface area contributed by atoms with Gasteiger partial charge in [0.25, 0.3) is 0 Å². The van der Waals surface area contributed by atoms with Crippen LogP contribution in [0.2, 0.25) is 0 Å². The molecule has 1 aromatic heterocycles. The van der Waals surface area contributed by atoms with E-state index >= 15 is 0 Å². The van der Waals surface area contributed by atoms with Crippen LogP contribution >= 0.6 is 23.1 Å². The molecule has 0 aliphatic heterocycles. The molecule has 90 valence electrons.